The molecular formula is C21H29ClN6O4S2. The minimum absolute atomic E-state index is 0.00498. The molecule has 2 amide bonds. The molecular weight excluding hydrogens is 500 g/mol. The minimum atomic E-state index is -4.01. The van der Waals surface area contributed by atoms with Crippen LogP contribution >= 0.6 is 22.9 Å². The fourth-order valence-corrected chi connectivity index (χ4v) is 7.44. The van der Waals surface area contributed by atoms with Gasteiger partial charge in [-0.2, -0.15) is 9.40 Å². The number of halogens is 1. The Morgan fingerprint density at radius 3 is 2.62 bits per heavy atom. The van der Waals surface area contributed by atoms with E-state index in [1.165, 1.54) is 27.3 Å². The number of thiazole rings is 1. The van der Waals surface area contributed by atoms with E-state index >= 15 is 0 Å². The topological polar surface area (TPSA) is 118 Å². The molecule has 1 atom stereocenters. The van der Waals surface area contributed by atoms with Crippen molar-refractivity contribution in [2.75, 3.05) is 25.0 Å². The highest BCUT2D eigenvalue weighted by molar-refractivity contribution is 7.89. The molecule has 0 radical (unpaired) electrons. The van der Waals surface area contributed by atoms with Crippen molar-refractivity contribution in [2.45, 2.75) is 56.4 Å². The van der Waals surface area contributed by atoms with Crippen LogP contribution < -0.4 is 5.32 Å². The molecule has 1 saturated heterocycles. The highest BCUT2D eigenvalue weighted by atomic mass is 35.5. The summed E-state index contributed by atoms with van der Waals surface area (Å²) in [6, 6.07) is -0.673. The SMILES string of the molecule is Cc1nn(C)c(Cl)c1S(=O)(=O)N1CCN(C(CC2CCCCC2)C(=O)Nc2nccs2)C(=O)C1. The van der Waals surface area contributed by atoms with E-state index in [4.69, 9.17) is 11.6 Å². The van der Waals surface area contributed by atoms with Crippen LogP contribution in [0.2, 0.25) is 5.15 Å². The standard InChI is InChI=1S/C21H29ClN6O4S2/c1-14-18(19(22)26(2)25-14)34(31,32)27-9-10-28(17(29)13-27)16(12-15-6-4-3-5-7-15)20(30)24-21-23-8-11-33-21/h8,11,15-16H,3-7,9-10,12-13H2,1-2H3,(H,23,24,30). The second-order valence-electron chi connectivity index (χ2n) is 8.84. The molecule has 3 heterocycles. The second kappa shape index (κ2) is 10.3. The van der Waals surface area contributed by atoms with E-state index in [-0.39, 0.29) is 41.3 Å². The van der Waals surface area contributed by atoms with Crippen molar-refractivity contribution in [2.24, 2.45) is 13.0 Å². The van der Waals surface area contributed by atoms with E-state index in [9.17, 15) is 18.0 Å². The summed E-state index contributed by atoms with van der Waals surface area (Å²) in [5.41, 5.74) is 0.278. The van der Waals surface area contributed by atoms with Crippen LogP contribution in [0.15, 0.2) is 16.5 Å². The average molecular weight is 529 g/mol. The van der Waals surface area contributed by atoms with Gasteiger partial charge in [0.15, 0.2) is 5.13 Å². The van der Waals surface area contributed by atoms with Crippen molar-refractivity contribution in [1.82, 2.24) is 24.0 Å². The first-order valence-electron chi connectivity index (χ1n) is 11.4. The summed E-state index contributed by atoms with van der Waals surface area (Å²) in [6.45, 7) is 1.42. The van der Waals surface area contributed by atoms with Crippen LogP contribution in [0.1, 0.15) is 44.2 Å². The van der Waals surface area contributed by atoms with Gasteiger partial charge in [0.1, 0.15) is 16.1 Å². The number of piperazine rings is 1. The third-order valence-corrected chi connectivity index (χ3v) is 9.77. The summed E-state index contributed by atoms with van der Waals surface area (Å²) in [6.07, 6.45) is 7.66. The van der Waals surface area contributed by atoms with Crippen LogP contribution in [0.25, 0.3) is 0 Å². The minimum Gasteiger partial charge on any atom is -0.328 e. The quantitative estimate of drug-likeness (QED) is 0.590. The van der Waals surface area contributed by atoms with Gasteiger partial charge >= 0.3 is 0 Å². The van der Waals surface area contributed by atoms with Crippen LogP contribution in [0, 0.1) is 12.8 Å². The highest BCUT2D eigenvalue weighted by Crippen LogP contribution is 2.31. The van der Waals surface area contributed by atoms with E-state index in [0.29, 0.717) is 17.5 Å². The van der Waals surface area contributed by atoms with Gasteiger partial charge in [-0.05, 0) is 19.3 Å². The van der Waals surface area contributed by atoms with E-state index in [1.807, 2.05) is 0 Å². The molecule has 2 aromatic rings. The first-order valence-corrected chi connectivity index (χ1v) is 14.1. The number of amides is 2. The van der Waals surface area contributed by atoms with Crippen LogP contribution in [0.5, 0.6) is 0 Å². The molecule has 2 aliphatic rings. The van der Waals surface area contributed by atoms with Crippen LogP contribution in [0.3, 0.4) is 0 Å². The van der Waals surface area contributed by atoms with Gasteiger partial charge in [0, 0.05) is 31.7 Å². The lowest BCUT2D eigenvalue weighted by Gasteiger charge is -2.39. The Morgan fingerprint density at radius 2 is 2.03 bits per heavy atom. The lowest BCUT2D eigenvalue weighted by Crippen LogP contribution is -2.58. The van der Waals surface area contributed by atoms with Gasteiger partial charge in [-0.25, -0.2) is 13.4 Å². The van der Waals surface area contributed by atoms with Gasteiger partial charge in [0.05, 0.1) is 12.2 Å². The van der Waals surface area contributed by atoms with Gasteiger partial charge in [-0.3, -0.25) is 14.3 Å². The maximum absolute atomic E-state index is 13.3. The molecule has 2 fully saturated rings. The fourth-order valence-electron chi connectivity index (χ4n) is 4.82. The third kappa shape index (κ3) is 5.14. The molecule has 10 nitrogen and oxygen atoms in total. The molecule has 1 saturated carbocycles. The number of nitrogens with zero attached hydrogens (tertiary/aromatic N) is 5. The van der Waals surface area contributed by atoms with Crippen LogP contribution in [-0.4, -0.2) is 69.9 Å². The highest BCUT2D eigenvalue weighted by Gasteiger charge is 2.41. The van der Waals surface area contributed by atoms with Crippen molar-refractivity contribution < 1.29 is 18.0 Å². The predicted octanol–water partition coefficient (Wildman–Crippen LogP) is 2.65. The zero-order chi connectivity index (χ0) is 24.5. The smallest absolute Gasteiger partial charge is 0.248 e. The van der Waals surface area contributed by atoms with Crippen molar-refractivity contribution >= 4 is 49.9 Å². The van der Waals surface area contributed by atoms with E-state index in [0.717, 1.165) is 30.0 Å². The number of nitrogens with one attached hydrogen (secondary N) is 1. The average Bonchev–Trinajstić information content (AvgIpc) is 3.40. The number of anilines is 1. The van der Waals surface area contributed by atoms with E-state index in [1.54, 1.807) is 25.5 Å². The molecule has 1 aliphatic heterocycles. The molecule has 4 rings (SSSR count). The van der Waals surface area contributed by atoms with Crippen molar-refractivity contribution in [3.8, 4) is 0 Å². The Balaban J connectivity index is 1.53. The van der Waals surface area contributed by atoms with Crippen molar-refractivity contribution in [3.05, 3.63) is 22.4 Å². The number of aromatic nitrogens is 3. The largest absolute Gasteiger partial charge is 0.328 e. The molecule has 1 N–H and O–H groups in total. The second-order valence-corrected chi connectivity index (χ2v) is 12.0. The monoisotopic (exact) mass is 528 g/mol. The number of hydrogen-bond acceptors (Lipinski definition) is 7. The number of carbonyl (C=O) groups excluding carboxylic acids is 2. The Kier molecular flexibility index (Phi) is 7.60. The first-order chi connectivity index (χ1) is 16.2. The van der Waals surface area contributed by atoms with Gasteiger partial charge in [-0.1, -0.05) is 43.7 Å². The Labute approximate surface area is 208 Å². The number of rotatable bonds is 7. The zero-order valence-corrected chi connectivity index (χ0v) is 21.6. The maximum Gasteiger partial charge on any atom is 0.248 e. The summed E-state index contributed by atoms with van der Waals surface area (Å²) in [4.78, 5) is 32.0. The van der Waals surface area contributed by atoms with Gasteiger partial charge in [0.2, 0.25) is 21.8 Å². The predicted molar refractivity (Wildman–Crippen MR) is 129 cm³/mol. The number of sulfonamides is 1. The van der Waals surface area contributed by atoms with E-state index < -0.39 is 22.0 Å². The van der Waals surface area contributed by atoms with Gasteiger partial charge < -0.3 is 10.2 Å². The molecule has 13 heteroatoms. The number of aryl methyl sites for hydroxylation is 2. The van der Waals surface area contributed by atoms with Crippen molar-refractivity contribution in [3.63, 3.8) is 0 Å². The van der Waals surface area contributed by atoms with Gasteiger partial charge in [-0.15, -0.1) is 11.3 Å². The number of carbonyl (C=O) groups is 2. The summed E-state index contributed by atoms with van der Waals surface area (Å²) < 4.78 is 28.9. The lowest BCUT2D eigenvalue weighted by atomic mass is 9.84. The molecule has 2 aromatic heterocycles. The van der Waals surface area contributed by atoms with Crippen LogP contribution in [-0.2, 0) is 26.7 Å². The third-order valence-electron chi connectivity index (χ3n) is 6.54. The van der Waals surface area contributed by atoms with Gasteiger partial charge in [0.25, 0.3) is 0 Å². The zero-order valence-electron chi connectivity index (χ0n) is 19.2. The summed E-state index contributed by atoms with van der Waals surface area (Å²) >= 11 is 7.51. The Morgan fingerprint density at radius 1 is 1.29 bits per heavy atom. The number of hydrogen-bond donors (Lipinski definition) is 1. The summed E-state index contributed by atoms with van der Waals surface area (Å²) in [5.74, 6) is -0.328. The molecule has 186 valence electrons. The summed E-state index contributed by atoms with van der Waals surface area (Å²) in [5, 5.41) is 9.17. The normalized spacial score (nSPS) is 19.4. The summed E-state index contributed by atoms with van der Waals surface area (Å²) in [7, 11) is -2.45. The molecule has 34 heavy (non-hydrogen) atoms. The van der Waals surface area contributed by atoms with Crippen molar-refractivity contribution in [1.29, 1.82) is 0 Å². The molecule has 1 aliphatic carbocycles. The fraction of sp³-hybridized carbons (Fsp3) is 0.619. The Hall–Kier alpha value is -2.02. The molecule has 1 unspecified atom stereocenters. The molecule has 0 aromatic carbocycles. The first kappa shape index (κ1) is 25.1. The van der Waals surface area contributed by atoms with Crippen LogP contribution in [0.4, 0.5) is 5.13 Å². The Bertz CT molecular complexity index is 1140. The lowest BCUT2D eigenvalue weighted by molar-refractivity contribution is -0.142. The maximum atomic E-state index is 13.3. The van der Waals surface area contributed by atoms with E-state index in [2.05, 4.69) is 15.4 Å². The molecule has 0 bridgehead atoms. The molecule has 0 spiro atoms.